The summed E-state index contributed by atoms with van der Waals surface area (Å²) in [7, 11) is 0. The van der Waals surface area contributed by atoms with E-state index in [4.69, 9.17) is 9.47 Å². The van der Waals surface area contributed by atoms with Crippen LogP contribution in [0.5, 0.6) is 0 Å². The average Bonchev–Trinajstić information content (AvgIpc) is 2.90. The van der Waals surface area contributed by atoms with E-state index in [9.17, 15) is 4.79 Å². The van der Waals surface area contributed by atoms with Crippen LogP contribution in [0.2, 0.25) is 0 Å². The quantitative estimate of drug-likeness (QED) is 0.105. The molecule has 0 atom stereocenters. The smallest absolute Gasteiger partial charge is 0.330 e. The van der Waals surface area contributed by atoms with Crippen LogP contribution in [0.1, 0.15) is 133 Å². The number of ether oxygens (including phenoxy) is 2. The van der Waals surface area contributed by atoms with Crippen molar-refractivity contribution in [2.24, 2.45) is 0 Å². The number of hydrogen-bond donors (Lipinski definition) is 0. The third-order valence-corrected chi connectivity index (χ3v) is 7.50. The Morgan fingerprint density at radius 3 is 2.00 bits per heavy atom. The summed E-state index contributed by atoms with van der Waals surface area (Å²) in [6.07, 6.45) is 24.4. The van der Waals surface area contributed by atoms with Gasteiger partial charge >= 0.3 is 5.97 Å². The van der Waals surface area contributed by atoms with Gasteiger partial charge in [0.2, 0.25) is 0 Å². The van der Waals surface area contributed by atoms with Gasteiger partial charge in [-0.05, 0) is 68.4 Å². The maximum Gasteiger partial charge on any atom is 0.330 e. The lowest BCUT2D eigenvalue weighted by molar-refractivity contribution is -0.137. The minimum absolute atomic E-state index is 0.311. The molecule has 198 valence electrons. The fourth-order valence-electron chi connectivity index (χ4n) is 5.20. The lowest BCUT2D eigenvalue weighted by atomic mass is 9.82. The molecule has 1 aliphatic rings. The first-order valence-electron chi connectivity index (χ1n) is 14.7. The average molecular weight is 485 g/mol. The van der Waals surface area contributed by atoms with Crippen molar-refractivity contribution in [1.82, 2.24) is 0 Å². The van der Waals surface area contributed by atoms with E-state index in [1.54, 1.807) is 0 Å². The molecule has 0 spiro atoms. The van der Waals surface area contributed by atoms with E-state index >= 15 is 0 Å². The number of benzene rings is 1. The Morgan fingerprint density at radius 2 is 1.37 bits per heavy atom. The van der Waals surface area contributed by atoms with Gasteiger partial charge in [-0.25, -0.2) is 4.79 Å². The second-order valence-electron chi connectivity index (χ2n) is 10.5. The first kappa shape index (κ1) is 29.6. The Hall–Kier alpha value is -1.61. The number of esters is 1. The van der Waals surface area contributed by atoms with Crippen molar-refractivity contribution in [3.8, 4) is 0 Å². The summed E-state index contributed by atoms with van der Waals surface area (Å²) in [6, 6.07) is 9.50. The minimum atomic E-state index is -0.311. The molecule has 2 rings (SSSR count). The van der Waals surface area contributed by atoms with E-state index in [1.165, 1.54) is 120 Å². The Morgan fingerprint density at radius 1 is 0.800 bits per heavy atom. The molecule has 3 nitrogen and oxygen atoms in total. The lowest BCUT2D eigenvalue weighted by Crippen LogP contribution is -2.21. The molecule has 1 aromatic carbocycles. The van der Waals surface area contributed by atoms with Crippen molar-refractivity contribution < 1.29 is 14.3 Å². The molecule has 0 saturated heterocycles. The molecule has 0 unspecified atom stereocenters. The highest BCUT2D eigenvalue weighted by atomic mass is 16.5. The molecule has 0 bridgehead atoms. The van der Waals surface area contributed by atoms with Crippen molar-refractivity contribution in [2.45, 2.75) is 135 Å². The summed E-state index contributed by atoms with van der Waals surface area (Å²) < 4.78 is 11.2. The normalized spacial score (nSPS) is 17.9. The highest BCUT2D eigenvalue weighted by Crippen LogP contribution is 2.34. The van der Waals surface area contributed by atoms with E-state index in [2.05, 4.69) is 37.8 Å². The summed E-state index contributed by atoms with van der Waals surface area (Å²) in [5.74, 6) is 0.410. The standard InChI is InChI=1S/C32H52O3/c1-3-5-6-7-12-15-26-34-31-24-22-30(23-25-31)29-20-18-28(19-21-29)17-14-11-9-8-10-13-16-27-35-32(33)4-2/h4,18-21,30-31H,2-3,5-17,22-27H2,1H3. The van der Waals surface area contributed by atoms with Crippen molar-refractivity contribution in [1.29, 1.82) is 0 Å². The third kappa shape index (κ3) is 13.9. The molecule has 1 fully saturated rings. The predicted molar refractivity (Wildman–Crippen MR) is 148 cm³/mol. The van der Waals surface area contributed by atoms with E-state index in [0.717, 1.165) is 25.4 Å². The molecule has 1 aromatic rings. The van der Waals surface area contributed by atoms with Crippen LogP contribution in [-0.2, 0) is 20.7 Å². The molecule has 3 heteroatoms. The summed E-state index contributed by atoms with van der Waals surface area (Å²) in [5, 5.41) is 0. The molecule has 1 aliphatic carbocycles. The fourth-order valence-corrected chi connectivity index (χ4v) is 5.20. The van der Waals surface area contributed by atoms with Crippen molar-refractivity contribution in [3.05, 3.63) is 48.0 Å². The largest absolute Gasteiger partial charge is 0.463 e. The van der Waals surface area contributed by atoms with E-state index < -0.39 is 0 Å². The van der Waals surface area contributed by atoms with E-state index in [0.29, 0.717) is 12.7 Å². The van der Waals surface area contributed by atoms with Crippen LogP contribution in [0.15, 0.2) is 36.9 Å². The molecular formula is C32H52O3. The summed E-state index contributed by atoms with van der Waals surface area (Å²) in [5.41, 5.74) is 3.01. The maximum atomic E-state index is 11.0. The second kappa shape index (κ2) is 19.6. The van der Waals surface area contributed by atoms with Gasteiger partial charge in [-0.1, -0.05) is 102 Å². The second-order valence-corrected chi connectivity index (χ2v) is 10.5. The Kier molecular flexibility index (Phi) is 16.6. The van der Waals surface area contributed by atoms with Gasteiger partial charge in [-0.3, -0.25) is 0 Å². The minimum Gasteiger partial charge on any atom is -0.463 e. The van der Waals surface area contributed by atoms with Crippen LogP contribution in [0.4, 0.5) is 0 Å². The topological polar surface area (TPSA) is 35.5 Å². The maximum absolute atomic E-state index is 11.0. The van der Waals surface area contributed by atoms with Crippen LogP contribution in [0.3, 0.4) is 0 Å². The molecule has 1 saturated carbocycles. The van der Waals surface area contributed by atoms with Gasteiger partial charge in [-0.15, -0.1) is 0 Å². The SMILES string of the molecule is C=CC(=O)OCCCCCCCCCc1ccc(C2CCC(OCCCCCCCC)CC2)cc1. The lowest BCUT2D eigenvalue weighted by Gasteiger charge is -2.29. The van der Waals surface area contributed by atoms with Crippen molar-refractivity contribution >= 4 is 5.97 Å². The Balaban J connectivity index is 1.47. The molecular weight excluding hydrogens is 432 g/mol. The zero-order valence-corrected chi connectivity index (χ0v) is 22.6. The highest BCUT2D eigenvalue weighted by molar-refractivity contribution is 5.81. The van der Waals surface area contributed by atoms with Gasteiger partial charge in [0.05, 0.1) is 12.7 Å². The summed E-state index contributed by atoms with van der Waals surface area (Å²) in [6.45, 7) is 7.17. The number of unbranched alkanes of at least 4 members (excludes halogenated alkanes) is 11. The molecule has 0 radical (unpaired) electrons. The monoisotopic (exact) mass is 484 g/mol. The fraction of sp³-hybridized carbons (Fsp3) is 0.719. The van der Waals surface area contributed by atoms with Gasteiger partial charge in [0.15, 0.2) is 0 Å². The van der Waals surface area contributed by atoms with E-state index in [1.807, 2.05) is 0 Å². The van der Waals surface area contributed by atoms with Crippen LogP contribution in [0, 0.1) is 0 Å². The van der Waals surface area contributed by atoms with Gasteiger partial charge in [0.25, 0.3) is 0 Å². The zero-order valence-electron chi connectivity index (χ0n) is 22.6. The third-order valence-electron chi connectivity index (χ3n) is 7.50. The Bertz CT molecular complexity index is 658. The first-order valence-corrected chi connectivity index (χ1v) is 14.7. The number of hydrogen-bond acceptors (Lipinski definition) is 3. The molecule has 0 aliphatic heterocycles. The van der Waals surface area contributed by atoms with Gasteiger partial charge in [0, 0.05) is 12.7 Å². The molecule has 0 heterocycles. The van der Waals surface area contributed by atoms with E-state index in [-0.39, 0.29) is 5.97 Å². The van der Waals surface area contributed by atoms with Gasteiger partial charge in [-0.2, -0.15) is 0 Å². The molecule has 0 amide bonds. The highest BCUT2D eigenvalue weighted by Gasteiger charge is 2.22. The molecule has 0 aromatic heterocycles. The van der Waals surface area contributed by atoms with Crippen LogP contribution >= 0.6 is 0 Å². The number of rotatable bonds is 20. The number of carbonyl (C=O) groups excluding carboxylic acids is 1. The number of aryl methyl sites for hydroxylation is 1. The first-order chi connectivity index (χ1) is 17.2. The zero-order chi connectivity index (χ0) is 25.0. The van der Waals surface area contributed by atoms with Gasteiger partial charge in [0.1, 0.15) is 0 Å². The van der Waals surface area contributed by atoms with Crippen LogP contribution < -0.4 is 0 Å². The van der Waals surface area contributed by atoms with Crippen LogP contribution in [-0.4, -0.2) is 25.3 Å². The van der Waals surface area contributed by atoms with Crippen molar-refractivity contribution in [2.75, 3.05) is 13.2 Å². The van der Waals surface area contributed by atoms with Gasteiger partial charge < -0.3 is 9.47 Å². The van der Waals surface area contributed by atoms with Crippen LogP contribution in [0.25, 0.3) is 0 Å². The molecule has 35 heavy (non-hydrogen) atoms. The Labute approximate surface area is 216 Å². The predicted octanol–water partition coefficient (Wildman–Crippen LogP) is 9.09. The summed E-state index contributed by atoms with van der Waals surface area (Å²) >= 11 is 0. The molecule has 0 N–H and O–H groups in total. The van der Waals surface area contributed by atoms with Crippen molar-refractivity contribution in [3.63, 3.8) is 0 Å². The summed E-state index contributed by atoms with van der Waals surface area (Å²) in [4.78, 5) is 11.0. The number of carbonyl (C=O) groups is 1.